The molecule has 2 aliphatic heterocycles. The van der Waals surface area contributed by atoms with Crippen molar-refractivity contribution in [1.29, 1.82) is 0 Å². The highest BCUT2D eigenvalue weighted by Gasteiger charge is 2.31. The van der Waals surface area contributed by atoms with Gasteiger partial charge in [-0.25, -0.2) is 18.4 Å². The van der Waals surface area contributed by atoms with E-state index in [1.807, 2.05) is 25.1 Å². The summed E-state index contributed by atoms with van der Waals surface area (Å²) in [6.07, 6.45) is 5.62. The fourth-order valence-corrected chi connectivity index (χ4v) is 6.42. The van der Waals surface area contributed by atoms with E-state index in [-0.39, 0.29) is 17.6 Å². The maximum atomic E-state index is 12.9. The Kier molecular flexibility index (Phi) is 7.99. The number of fused-ring (bicyclic) bond motifs is 1. The number of rotatable bonds is 8. The average molecular weight is 536 g/mol. The number of carbonyl (C=O) groups excluding carboxylic acids is 1. The standard InChI is InChI=1S/C28H33N5O4S/c1-2-37-28(34)21-10-15-33(16-11-21)27-24-20-32(17-18-38(35,36)23-8-4-3-5-9-23)14-12-25(24)30-26(31-27)22-7-6-13-29-19-22/h3-9,13,19,21H,2,10-12,14-18,20H2,1H3. The van der Waals surface area contributed by atoms with Crippen molar-refractivity contribution in [1.82, 2.24) is 19.9 Å². The van der Waals surface area contributed by atoms with Gasteiger partial charge in [0.15, 0.2) is 15.7 Å². The number of hydrogen-bond acceptors (Lipinski definition) is 9. The lowest BCUT2D eigenvalue weighted by Crippen LogP contribution is -2.40. The monoisotopic (exact) mass is 535 g/mol. The SMILES string of the molecule is CCOC(=O)C1CCN(c2nc(-c3cccnc3)nc3c2CN(CCS(=O)(=O)c2ccccc2)CC3)CC1. The summed E-state index contributed by atoms with van der Waals surface area (Å²) < 4.78 is 31.0. The van der Waals surface area contributed by atoms with Gasteiger partial charge in [-0.2, -0.15) is 0 Å². The Hall–Kier alpha value is -3.37. The summed E-state index contributed by atoms with van der Waals surface area (Å²) in [5, 5.41) is 0. The number of nitrogens with zero attached hydrogens (tertiary/aromatic N) is 5. The molecular weight excluding hydrogens is 502 g/mol. The molecule has 1 saturated heterocycles. The topological polar surface area (TPSA) is 106 Å². The van der Waals surface area contributed by atoms with Crippen LogP contribution in [0.4, 0.5) is 5.82 Å². The van der Waals surface area contributed by atoms with E-state index in [1.54, 1.807) is 36.7 Å². The molecule has 0 bridgehead atoms. The van der Waals surface area contributed by atoms with E-state index in [4.69, 9.17) is 14.7 Å². The van der Waals surface area contributed by atoms with Crippen LogP contribution in [0.15, 0.2) is 59.8 Å². The van der Waals surface area contributed by atoms with Crippen LogP contribution in [0.1, 0.15) is 31.0 Å². The zero-order valence-corrected chi connectivity index (χ0v) is 22.4. The number of carbonyl (C=O) groups is 1. The number of benzene rings is 1. The minimum absolute atomic E-state index is 0.0568. The number of aromatic nitrogens is 3. The molecule has 10 heteroatoms. The summed E-state index contributed by atoms with van der Waals surface area (Å²) in [7, 11) is -3.36. The van der Waals surface area contributed by atoms with Crippen LogP contribution in [-0.4, -0.2) is 72.8 Å². The van der Waals surface area contributed by atoms with E-state index >= 15 is 0 Å². The lowest BCUT2D eigenvalue weighted by Gasteiger charge is -2.36. The largest absolute Gasteiger partial charge is 0.466 e. The highest BCUT2D eigenvalue weighted by atomic mass is 32.2. The van der Waals surface area contributed by atoms with E-state index in [0.29, 0.717) is 62.8 Å². The zero-order chi connectivity index (χ0) is 26.5. The van der Waals surface area contributed by atoms with Crippen LogP contribution in [0.5, 0.6) is 0 Å². The molecule has 0 unspecified atom stereocenters. The van der Waals surface area contributed by atoms with Crippen LogP contribution < -0.4 is 4.90 Å². The lowest BCUT2D eigenvalue weighted by molar-refractivity contribution is -0.148. The van der Waals surface area contributed by atoms with Crippen molar-refractivity contribution in [2.24, 2.45) is 5.92 Å². The van der Waals surface area contributed by atoms with Gasteiger partial charge in [0, 0.05) is 62.7 Å². The van der Waals surface area contributed by atoms with Gasteiger partial charge < -0.3 is 9.64 Å². The van der Waals surface area contributed by atoms with Gasteiger partial charge in [0.1, 0.15) is 5.82 Å². The smallest absolute Gasteiger partial charge is 0.309 e. The molecule has 4 heterocycles. The molecule has 0 radical (unpaired) electrons. The predicted molar refractivity (Wildman–Crippen MR) is 144 cm³/mol. The third-order valence-electron chi connectivity index (χ3n) is 7.23. The Morgan fingerprint density at radius 2 is 1.84 bits per heavy atom. The van der Waals surface area contributed by atoms with Crippen LogP contribution in [0, 0.1) is 5.92 Å². The minimum atomic E-state index is -3.36. The summed E-state index contributed by atoms with van der Waals surface area (Å²) in [6, 6.07) is 12.4. The van der Waals surface area contributed by atoms with Crippen molar-refractivity contribution in [2.45, 2.75) is 37.6 Å². The molecule has 0 saturated carbocycles. The van der Waals surface area contributed by atoms with Gasteiger partial charge in [0.05, 0.1) is 28.9 Å². The molecular formula is C28H33N5O4S. The molecule has 5 rings (SSSR count). The third kappa shape index (κ3) is 5.86. The number of piperidine rings is 1. The third-order valence-corrected chi connectivity index (χ3v) is 8.94. The highest BCUT2D eigenvalue weighted by molar-refractivity contribution is 7.91. The number of anilines is 1. The molecule has 0 spiro atoms. The predicted octanol–water partition coefficient (Wildman–Crippen LogP) is 3.15. The molecule has 1 aromatic carbocycles. The van der Waals surface area contributed by atoms with Crippen molar-refractivity contribution < 1.29 is 17.9 Å². The number of hydrogen-bond donors (Lipinski definition) is 0. The van der Waals surface area contributed by atoms with Gasteiger partial charge in [-0.1, -0.05) is 18.2 Å². The van der Waals surface area contributed by atoms with Crippen molar-refractivity contribution in [2.75, 3.05) is 43.4 Å². The summed E-state index contributed by atoms with van der Waals surface area (Å²) >= 11 is 0. The molecule has 0 N–H and O–H groups in total. The summed E-state index contributed by atoms with van der Waals surface area (Å²) in [4.78, 5) is 31.2. The molecule has 3 aromatic rings. The second kappa shape index (κ2) is 11.6. The van der Waals surface area contributed by atoms with E-state index in [2.05, 4.69) is 14.8 Å². The quantitative estimate of drug-likeness (QED) is 0.402. The first-order valence-electron chi connectivity index (χ1n) is 13.2. The maximum Gasteiger partial charge on any atom is 0.309 e. The van der Waals surface area contributed by atoms with Crippen LogP contribution in [0.2, 0.25) is 0 Å². The number of pyridine rings is 1. The van der Waals surface area contributed by atoms with E-state index in [0.717, 1.165) is 29.2 Å². The molecule has 9 nitrogen and oxygen atoms in total. The van der Waals surface area contributed by atoms with Gasteiger partial charge in [-0.15, -0.1) is 0 Å². The van der Waals surface area contributed by atoms with E-state index in [1.165, 1.54) is 0 Å². The average Bonchev–Trinajstić information content (AvgIpc) is 2.96. The van der Waals surface area contributed by atoms with Crippen molar-refractivity contribution >= 4 is 21.6 Å². The normalized spacial score (nSPS) is 16.7. The molecule has 0 atom stereocenters. The first-order chi connectivity index (χ1) is 18.4. The van der Waals surface area contributed by atoms with Gasteiger partial charge in [0.25, 0.3) is 0 Å². The minimum Gasteiger partial charge on any atom is -0.466 e. The van der Waals surface area contributed by atoms with E-state index in [9.17, 15) is 13.2 Å². The van der Waals surface area contributed by atoms with Crippen molar-refractivity contribution in [3.63, 3.8) is 0 Å². The molecule has 200 valence electrons. The fraction of sp³-hybridized carbons (Fsp3) is 0.429. The second-order valence-corrected chi connectivity index (χ2v) is 11.8. The molecule has 2 aromatic heterocycles. The second-order valence-electron chi connectivity index (χ2n) is 9.71. The number of sulfone groups is 1. The van der Waals surface area contributed by atoms with Crippen LogP contribution in [0.3, 0.4) is 0 Å². The Morgan fingerprint density at radius 1 is 1.05 bits per heavy atom. The maximum absolute atomic E-state index is 12.9. The molecule has 38 heavy (non-hydrogen) atoms. The van der Waals surface area contributed by atoms with Crippen molar-refractivity contribution in [3.8, 4) is 11.4 Å². The van der Waals surface area contributed by atoms with Crippen LogP contribution >= 0.6 is 0 Å². The molecule has 0 amide bonds. The van der Waals surface area contributed by atoms with Crippen LogP contribution in [0.25, 0.3) is 11.4 Å². The molecule has 2 aliphatic rings. The fourth-order valence-electron chi connectivity index (χ4n) is 5.11. The Labute approximate surface area is 223 Å². The van der Waals surface area contributed by atoms with Gasteiger partial charge in [-0.05, 0) is 44.0 Å². The van der Waals surface area contributed by atoms with Gasteiger partial charge in [0.2, 0.25) is 0 Å². The summed E-state index contributed by atoms with van der Waals surface area (Å²) in [5.41, 5.74) is 2.88. The van der Waals surface area contributed by atoms with Crippen LogP contribution in [-0.2, 0) is 32.3 Å². The Balaban J connectivity index is 1.38. The zero-order valence-electron chi connectivity index (χ0n) is 21.6. The van der Waals surface area contributed by atoms with E-state index < -0.39 is 9.84 Å². The first kappa shape index (κ1) is 26.2. The number of ether oxygens (including phenoxy) is 1. The molecule has 1 fully saturated rings. The highest BCUT2D eigenvalue weighted by Crippen LogP contribution is 2.32. The summed E-state index contributed by atoms with van der Waals surface area (Å²) in [6.45, 7) is 5.36. The summed E-state index contributed by atoms with van der Waals surface area (Å²) in [5.74, 6) is 1.34. The van der Waals surface area contributed by atoms with Crippen molar-refractivity contribution in [3.05, 3.63) is 66.1 Å². The van der Waals surface area contributed by atoms with Gasteiger partial charge >= 0.3 is 5.97 Å². The first-order valence-corrected chi connectivity index (χ1v) is 14.8. The molecule has 0 aliphatic carbocycles. The number of esters is 1. The lowest BCUT2D eigenvalue weighted by atomic mass is 9.96. The Morgan fingerprint density at radius 3 is 2.55 bits per heavy atom. The van der Waals surface area contributed by atoms with Gasteiger partial charge in [-0.3, -0.25) is 14.7 Å². The Bertz CT molecular complexity index is 1360.